The first-order chi connectivity index (χ1) is 12.2. The van der Waals surface area contributed by atoms with E-state index in [1.165, 1.54) is 0 Å². The molecule has 5 heteroatoms. The van der Waals surface area contributed by atoms with Crippen molar-refractivity contribution in [2.24, 2.45) is 0 Å². The molecule has 0 atom stereocenters. The summed E-state index contributed by atoms with van der Waals surface area (Å²) < 4.78 is 5.17. The maximum Gasteiger partial charge on any atom is 0.246 e. The van der Waals surface area contributed by atoms with Gasteiger partial charge in [0.05, 0.1) is 7.11 Å². The molecule has 1 amide bonds. The van der Waals surface area contributed by atoms with Crippen LogP contribution in [0.25, 0.3) is 5.57 Å². The molecule has 0 radical (unpaired) electrons. The molecular formula is C20H23N3O2. The quantitative estimate of drug-likeness (QED) is 0.805. The number of piperazine rings is 1. The van der Waals surface area contributed by atoms with E-state index in [0.29, 0.717) is 13.1 Å². The van der Waals surface area contributed by atoms with Gasteiger partial charge in [0, 0.05) is 38.5 Å². The molecule has 2 aromatic rings. The molecule has 130 valence electrons. The summed E-state index contributed by atoms with van der Waals surface area (Å²) in [6, 6.07) is 13.7. The smallest absolute Gasteiger partial charge is 0.246 e. The lowest BCUT2D eigenvalue weighted by atomic mass is 10.1. The van der Waals surface area contributed by atoms with Crippen molar-refractivity contribution >= 4 is 17.3 Å². The van der Waals surface area contributed by atoms with Gasteiger partial charge in [0.15, 0.2) is 0 Å². The van der Waals surface area contributed by atoms with Crippen molar-refractivity contribution in [1.29, 1.82) is 0 Å². The minimum atomic E-state index is 0.0639. The predicted molar refractivity (Wildman–Crippen MR) is 99.7 cm³/mol. The van der Waals surface area contributed by atoms with Crippen molar-refractivity contribution < 1.29 is 9.53 Å². The minimum Gasteiger partial charge on any atom is -0.497 e. The lowest BCUT2D eigenvalue weighted by Gasteiger charge is -2.35. The van der Waals surface area contributed by atoms with Crippen LogP contribution in [0.15, 0.2) is 54.7 Å². The van der Waals surface area contributed by atoms with Crippen molar-refractivity contribution in [1.82, 2.24) is 9.88 Å². The van der Waals surface area contributed by atoms with Crippen molar-refractivity contribution in [3.8, 4) is 5.75 Å². The molecule has 1 aliphatic heterocycles. The van der Waals surface area contributed by atoms with Gasteiger partial charge in [0.2, 0.25) is 5.91 Å². The van der Waals surface area contributed by atoms with Gasteiger partial charge in [0.1, 0.15) is 11.6 Å². The van der Waals surface area contributed by atoms with Crippen LogP contribution in [0.5, 0.6) is 5.75 Å². The van der Waals surface area contributed by atoms with E-state index in [4.69, 9.17) is 4.74 Å². The van der Waals surface area contributed by atoms with E-state index in [0.717, 1.165) is 35.8 Å². The number of hydrogen-bond acceptors (Lipinski definition) is 4. The van der Waals surface area contributed by atoms with Gasteiger partial charge in [-0.2, -0.15) is 0 Å². The standard InChI is InChI=1S/C20H23N3O2/c1-16(17-6-8-18(25-2)9-7-17)15-20(24)23-13-11-22(12-14-23)19-5-3-4-10-21-19/h3-10,15H,11-14H2,1-2H3/b16-15+. The number of aromatic nitrogens is 1. The van der Waals surface area contributed by atoms with Crippen LogP contribution >= 0.6 is 0 Å². The molecule has 0 spiro atoms. The van der Waals surface area contributed by atoms with E-state index >= 15 is 0 Å². The molecule has 0 aliphatic carbocycles. The highest BCUT2D eigenvalue weighted by molar-refractivity contribution is 5.95. The zero-order valence-electron chi connectivity index (χ0n) is 14.7. The molecule has 0 N–H and O–H groups in total. The van der Waals surface area contributed by atoms with Crippen molar-refractivity contribution in [2.45, 2.75) is 6.92 Å². The molecule has 5 nitrogen and oxygen atoms in total. The number of hydrogen-bond donors (Lipinski definition) is 0. The Balaban J connectivity index is 1.60. The molecule has 0 saturated carbocycles. The Kier molecular flexibility index (Phi) is 5.33. The van der Waals surface area contributed by atoms with Gasteiger partial charge < -0.3 is 14.5 Å². The van der Waals surface area contributed by atoms with Crippen LogP contribution < -0.4 is 9.64 Å². The van der Waals surface area contributed by atoms with Crippen LogP contribution in [0.2, 0.25) is 0 Å². The van der Waals surface area contributed by atoms with E-state index in [1.54, 1.807) is 19.4 Å². The van der Waals surface area contributed by atoms with Gasteiger partial charge in [-0.15, -0.1) is 0 Å². The minimum absolute atomic E-state index is 0.0639. The maximum absolute atomic E-state index is 12.5. The van der Waals surface area contributed by atoms with E-state index in [-0.39, 0.29) is 5.91 Å². The number of rotatable bonds is 4. The average molecular weight is 337 g/mol. The molecule has 0 unspecified atom stereocenters. The van der Waals surface area contributed by atoms with E-state index in [1.807, 2.05) is 54.3 Å². The second-order valence-electron chi connectivity index (χ2n) is 6.06. The fourth-order valence-electron chi connectivity index (χ4n) is 2.91. The predicted octanol–water partition coefficient (Wildman–Crippen LogP) is 2.84. The fourth-order valence-corrected chi connectivity index (χ4v) is 2.91. The van der Waals surface area contributed by atoms with Crippen LogP contribution in [0, 0.1) is 0 Å². The third-order valence-electron chi connectivity index (χ3n) is 4.45. The third-order valence-corrected chi connectivity index (χ3v) is 4.45. The maximum atomic E-state index is 12.5. The number of methoxy groups -OCH3 is 1. The van der Waals surface area contributed by atoms with E-state index < -0.39 is 0 Å². The van der Waals surface area contributed by atoms with Gasteiger partial charge in [-0.25, -0.2) is 4.98 Å². The molecule has 25 heavy (non-hydrogen) atoms. The Morgan fingerprint density at radius 1 is 1.08 bits per heavy atom. The number of ether oxygens (including phenoxy) is 1. The van der Waals surface area contributed by atoms with Crippen LogP contribution in [0.3, 0.4) is 0 Å². The van der Waals surface area contributed by atoms with E-state index in [2.05, 4.69) is 9.88 Å². The summed E-state index contributed by atoms with van der Waals surface area (Å²) in [5, 5.41) is 0. The zero-order valence-corrected chi connectivity index (χ0v) is 14.7. The number of amides is 1. The second kappa shape index (κ2) is 7.83. The number of benzene rings is 1. The van der Waals surface area contributed by atoms with Gasteiger partial charge >= 0.3 is 0 Å². The zero-order chi connectivity index (χ0) is 17.6. The first-order valence-corrected chi connectivity index (χ1v) is 8.45. The molecule has 3 rings (SSSR count). The van der Waals surface area contributed by atoms with Crippen LogP contribution in [0.1, 0.15) is 12.5 Å². The van der Waals surface area contributed by atoms with Crippen LogP contribution in [-0.4, -0.2) is 49.1 Å². The highest BCUT2D eigenvalue weighted by Gasteiger charge is 2.20. The molecular weight excluding hydrogens is 314 g/mol. The molecule has 1 aliphatic rings. The van der Waals surface area contributed by atoms with Crippen LogP contribution in [0.4, 0.5) is 5.82 Å². The molecule has 1 aromatic carbocycles. The van der Waals surface area contributed by atoms with Crippen LogP contribution in [-0.2, 0) is 4.79 Å². The highest BCUT2D eigenvalue weighted by atomic mass is 16.5. The summed E-state index contributed by atoms with van der Waals surface area (Å²) in [5.41, 5.74) is 1.99. The molecule has 0 bridgehead atoms. The topological polar surface area (TPSA) is 45.7 Å². The number of anilines is 1. The summed E-state index contributed by atoms with van der Waals surface area (Å²) in [6.07, 6.45) is 3.52. The largest absolute Gasteiger partial charge is 0.497 e. The number of pyridine rings is 1. The number of carbonyl (C=O) groups is 1. The number of carbonyl (C=O) groups excluding carboxylic acids is 1. The normalized spacial score (nSPS) is 15.2. The SMILES string of the molecule is COc1ccc(/C(C)=C/C(=O)N2CCN(c3ccccn3)CC2)cc1. The van der Waals surface area contributed by atoms with Crippen molar-refractivity contribution in [2.75, 3.05) is 38.2 Å². The summed E-state index contributed by atoms with van der Waals surface area (Å²) >= 11 is 0. The van der Waals surface area contributed by atoms with Gasteiger partial charge in [0.25, 0.3) is 0 Å². The average Bonchev–Trinajstić information content (AvgIpc) is 2.68. The number of nitrogens with zero attached hydrogens (tertiary/aromatic N) is 3. The highest BCUT2D eigenvalue weighted by Crippen LogP contribution is 2.19. The molecule has 1 aromatic heterocycles. The Bertz CT molecular complexity index is 733. The third kappa shape index (κ3) is 4.18. The summed E-state index contributed by atoms with van der Waals surface area (Å²) in [6.45, 7) is 4.99. The van der Waals surface area contributed by atoms with Gasteiger partial charge in [-0.1, -0.05) is 18.2 Å². The Morgan fingerprint density at radius 3 is 2.40 bits per heavy atom. The van der Waals surface area contributed by atoms with E-state index in [9.17, 15) is 4.79 Å². The first-order valence-electron chi connectivity index (χ1n) is 8.45. The lowest BCUT2D eigenvalue weighted by Crippen LogP contribution is -2.48. The lowest BCUT2D eigenvalue weighted by molar-refractivity contribution is -0.126. The summed E-state index contributed by atoms with van der Waals surface area (Å²) in [4.78, 5) is 21.0. The molecule has 2 heterocycles. The van der Waals surface area contributed by atoms with Crippen molar-refractivity contribution in [3.63, 3.8) is 0 Å². The fraction of sp³-hybridized carbons (Fsp3) is 0.300. The molecule has 1 saturated heterocycles. The Morgan fingerprint density at radius 2 is 1.80 bits per heavy atom. The Hall–Kier alpha value is -2.82. The Labute approximate surface area is 148 Å². The monoisotopic (exact) mass is 337 g/mol. The summed E-state index contributed by atoms with van der Waals surface area (Å²) in [7, 11) is 1.64. The molecule has 1 fully saturated rings. The van der Waals surface area contributed by atoms with Crippen molar-refractivity contribution in [3.05, 3.63) is 60.3 Å². The van der Waals surface area contributed by atoms with Gasteiger partial charge in [-0.05, 0) is 42.3 Å². The summed E-state index contributed by atoms with van der Waals surface area (Å²) in [5.74, 6) is 1.85. The first kappa shape index (κ1) is 17.0. The van der Waals surface area contributed by atoms with Gasteiger partial charge in [-0.3, -0.25) is 4.79 Å². The second-order valence-corrected chi connectivity index (χ2v) is 6.06. The number of allylic oxidation sites excluding steroid dienone is 1.